The van der Waals surface area contributed by atoms with Gasteiger partial charge in [0.2, 0.25) is 0 Å². The molecule has 0 saturated carbocycles. The molecule has 0 radical (unpaired) electrons. The number of terminal acetylenes is 1. The highest BCUT2D eigenvalue weighted by atomic mass is 16.4. The van der Waals surface area contributed by atoms with Gasteiger partial charge in [-0.3, -0.25) is 4.79 Å². The van der Waals surface area contributed by atoms with Gasteiger partial charge in [-0.1, -0.05) is 0 Å². The van der Waals surface area contributed by atoms with E-state index in [0.29, 0.717) is 5.56 Å². The molecule has 1 unspecified atom stereocenters. The predicted octanol–water partition coefficient (Wildman–Crippen LogP) is 2.43. The van der Waals surface area contributed by atoms with Gasteiger partial charge in [-0.15, -0.1) is 12.3 Å². The van der Waals surface area contributed by atoms with Gasteiger partial charge in [0.05, 0.1) is 0 Å². The quantitative estimate of drug-likeness (QED) is 0.836. The van der Waals surface area contributed by atoms with Crippen molar-refractivity contribution in [3.8, 4) is 12.3 Å². The Labute approximate surface area is 125 Å². The fraction of sp³-hybridized carbons (Fsp3) is 0.412. The first-order valence-corrected chi connectivity index (χ1v) is 6.76. The molecule has 21 heavy (non-hydrogen) atoms. The number of hydrogen-bond donors (Lipinski definition) is 2. The highest BCUT2D eigenvalue weighted by Gasteiger charge is 2.23. The molecule has 0 aliphatic heterocycles. The Kier molecular flexibility index (Phi) is 5.15. The Hall–Kier alpha value is -2.28. The van der Waals surface area contributed by atoms with Gasteiger partial charge in [0.25, 0.3) is 5.91 Å². The molecule has 0 bridgehead atoms. The smallest absolute Gasteiger partial charge is 0.327 e. The molecular weight excluding hydrogens is 266 g/mol. The molecule has 0 aliphatic carbocycles. The maximum atomic E-state index is 12.4. The number of rotatable bonds is 4. The normalized spacial score (nSPS) is 11.6. The van der Waals surface area contributed by atoms with Gasteiger partial charge < -0.3 is 10.4 Å². The second kappa shape index (κ2) is 6.45. The molecular formula is C17H21NO3. The molecule has 112 valence electrons. The van der Waals surface area contributed by atoms with Crippen LogP contribution in [0.15, 0.2) is 0 Å². The van der Waals surface area contributed by atoms with Crippen molar-refractivity contribution in [2.75, 3.05) is 0 Å². The first-order valence-electron chi connectivity index (χ1n) is 6.76. The third-order valence-electron chi connectivity index (χ3n) is 4.15. The van der Waals surface area contributed by atoms with Crippen molar-refractivity contribution in [2.45, 2.75) is 47.1 Å². The lowest BCUT2D eigenvalue weighted by molar-refractivity contribution is -0.139. The summed E-state index contributed by atoms with van der Waals surface area (Å²) in [6.45, 7) is 9.69. The van der Waals surface area contributed by atoms with Gasteiger partial charge in [0.1, 0.15) is 6.04 Å². The van der Waals surface area contributed by atoms with E-state index in [9.17, 15) is 9.59 Å². The first-order chi connectivity index (χ1) is 9.72. The van der Waals surface area contributed by atoms with Crippen molar-refractivity contribution in [1.29, 1.82) is 0 Å². The predicted molar refractivity (Wildman–Crippen MR) is 82.5 cm³/mol. The largest absolute Gasteiger partial charge is 0.480 e. The van der Waals surface area contributed by atoms with Crippen LogP contribution in [0.1, 0.15) is 44.6 Å². The van der Waals surface area contributed by atoms with Gasteiger partial charge in [-0.05, 0) is 62.4 Å². The van der Waals surface area contributed by atoms with E-state index in [4.69, 9.17) is 11.5 Å². The van der Waals surface area contributed by atoms with Crippen LogP contribution >= 0.6 is 0 Å². The maximum absolute atomic E-state index is 12.4. The van der Waals surface area contributed by atoms with Gasteiger partial charge >= 0.3 is 5.97 Å². The van der Waals surface area contributed by atoms with Crippen molar-refractivity contribution in [1.82, 2.24) is 5.32 Å². The molecule has 0 heterocycles. The molecule has 4 heteroatoms. The van der Waals surface area contributed by atoms with Crippen LogP contribution in [0.25, 0.3) is 0 Å². The van der Waals surface area contributed by atoms with Crippen LogP contribution in [0.5, 0.6) is 0 Å². The van der Waals surface area contributed by atoms with Crippen LogP contribution in [0, 0.1) is 47.0 Å². The van der Waals surface area contributed by atoms with E-state index in [2.05, 4.69) is 11.2 Å². The Balaban J connectivity index is 3.26. The molecule has 4 nitrogen and oxygen atoms in total. The van der Waals surface area contributed by atoms with Gasteiger partial charge in [0, 0.05) is 12.0 Å². The molecule has 0 spiro atoms. The topological polar surface area (TPSA) is 66.4 Å². The standard InChI is InChI=1S/C17H21NO3/c1-7-8-14(17(20)21)18-16(19)15-12(5)10(3)9(2)11(4)13(15)6/h1,14H,8H2,2-6H3,(H,18,19)(H,20,21). The van der Waals surface area contributed by atoms with Gasteiger partial charge in [-0.2, -0.15) is 0 Å². The molecule has 1 rings (SSSR count). The van der Waals surface area contributed by atoms with E-state index < -0.39 is 12.0 Å². The molecule has 1 aromatic rings. The van der Waals surface area contributed by atoms with Crippen LogP contribution < -0.4 is 5.32 Å². The lowest BCUT2D eigenvalue weighted by atomic mass is 9.89. The number of carboxylic acids is 1. The van der Waals surface area contributed by atoms with Crippen LogP contribution in [0.3, 0.4) is 0 Å². The number of amides is 1. The lowest BCUT2D eigenvalue weighted by Gasteiger charge is -2.19. The van der Waals surface area contributed by atoms with Crippen LogP contribution in [-0.4, -0.2) is 23.0 Å². The second-order valence-corrected chi connectivity index (χ2v) is 5.27. The van der Waals surface area contributed by atoms with E-state index in [1.165, 1.54) is 0 Å². The van der Waals surface area contributed by atoms with E-state index in [-0.39, 0.29) is 12.3 Å². The lowest BCUT2D eigenvalue weighted by Crippen LogP contribution is -2.41. The molecule has 1 aromatic carbocycles. The van der Waals surface area contributed by atoms with Crippen LogP contribution in [0.4, 0.5) is 0 Å². The number of carboxylic acid groups (broad SMARTS) is 1. The average molecular weight is 287 g/mol. The van der Waals surface area contributed by atoms with Gasteiger partial charge in [0.15, 0.2) is 0 Å². The summed E-state index contributed by atoms with van der Waals surface area (Å²) in [5.41, 5.74) is 5.54. The molecule has 2 N–H and O–H groups in total. The summed E-state index contributed by atoms with van der Waals surface area (Å²) < 4.78 is 0. The molecule has 0 aromatic heterocycles. The summed E-state index contributed by atoms with van der Waals surface area (Å²) in [7, 11) is 0. The Bertz CT molecular complexity index is 609. The number of aliphatic carboxylic acids is 1. The van der Waals surface area contributed by atoms with Crippen molar-refractivity contribution >= 4 is 11.9 Å². The van der Waals surface area contributed by atoms with Crippen molar-refractivity contribution in [3.05, 3.63) is 33.4 Å². The van der Waals surface area contributed by atoms with E-state index >= 15 is 0 Å². The zero-order valence-electron chi connectivity index (χ0n) is 13.1. The second-order valence-electron chi connectivity index (χ2n) is 5.27. The highest BCUT2D eigenvalue weighted by molar-refractivity contribution is 5.99. The molecule has 1 amide bonds. The zero-order valence-corrected chi connectivity index (χ0v) is 13.1. The third-order valence-corrected chi connectivity index (χ3v) is 4.15. The molecule has 0 aliphatic rings. The summed E-state index contributed by atoms with van der Waals surface area (Å²) >= 11 is 0. The summed E-state index contributed by atoms with van der Waals surface area (Å²) in [5, 5.41) is 11.6. The fourth-order valence-corrected chi connectivity index (χ4v) is 2.39. The number of hydrogen-bond acceptors (Lipinski definition) is 2. The number of carbonyl (C=O) groups excluding carboxylic acids is 1. The average Bonchev–Trinajstić information content (AvgIpc) is 2.42. The summed E-state index contributed by atoms with van der Waals surface area (Å²) in [5.74, 6) is 0.754. The maximum Gasteiger partial charge on any atom is 0.327 e. The SMILES string of the molecule is C#CCC(NC(=O)c1c(C)c(C)c(C)c(C)c1C)C(=O)O. The highest BCUT2D eigenvalue weighted by Crippen LogP contribution is 2.26. The molecule has 0 saturated heterocycles. The number of nitrogens with one attached hydrogen (secondary N) is 1. The minimum atomic E-state index is -1.13. The number of benzene rings is 1. The van der Waals surface area contributed by atoms with E-state index in [1.54, 1.807) is 0 Å². The van der Waals surface area contributed by atoms with E-state index in [1.807, 2.05) is 34.6 Å². The molecule has 0 fully saturated rings. The third kappa shape index (κ3) is 3.25. The minimum Gasteiger partial charge on any atom is -0.480 e. The Morgan fingerprint density at radius 2 is 1.48 bits per heavy atom. The zero-order chi connectivity index (χ0) is 16.3. The monoisotopic (exact) mass is 287 g/mol. The van der Waals surface area contributed by atoms with Crippen molar-refractivity contribution in [2.24, 2.45) is 0 Å². The summed E-state index contributed by atoms with van der Waals surface area (Å²) in [4.78, 5) is 23.6. The van der Waals surface area contributed by atoms with Gasteiger partial charge in [-0.25, -0.2) is 4.79 Å². The van der Waals surface area contributed by atoms with E-state index in [0.717, 1.165) is 27.8 Å². The Morgan fingerprint density at radius 1 is 1.05 bits per heavy atom. The number of carbonyl (C=O) groups is 2. The van der Waals surface area contributed by atoms with Crippen LogP contribution in [0.2, 0.25) is 0 Å². The van der Waals surface area contributed by atoms with Crippen LogP contribution in [-0.2, 0) is 4.79 Å². The fourth-order valence-electron chi connectivity index (χ4n) is 2.39. The molecule has 1 atom stereocenters. The minimum absolute atomic E-state index is 0.0387. The van der Waals surface area contributed by atoms with Crippen molar-refractivity contribution in [3.63, 3.8) is 0 Å². The summed E-state index contributed by atoms with van der Waals surface area (Å²) in [6, 6.07) is -1.07. The summed E-state index contributed by atoms with van der Waals surface area (Å²) in [6.07, 6.45) is 5.11. The van der Waals surface area contributed by atoms with Crippen molar-refractivity contribution < 1.29 is 14.7 Å². The Morgan fingerprint density at radius 3 is 1.86 bits per heavy atom. The first kappa shape index (κ1) is 16.8.